The van der Waals surface area contributed by atoms with Crippen molar-refractivity contribution >= 4 is 36.6 Å². The molecule has 164 valence electrons. The number of hydrogen-bond acceptors (Lipinski definition) is 1. The van der Waals surface area contributed by atoms with Crippen LogP contribution in [-0.4, -0.2) is 16.9 Å². The van der Waals surface area contributed by atoms with Crippen LogP contribution < -0.4 is 26.3 Å². The van der Waals surface area contributed by atoms with Crippen LogP contribution in [0.15, 0.2) is 84.9 Å². The lowest BCUT2D eigenvalue weighted by Gasteiger charge is -2.37. The number of hydrogen-bond donors (Lipinski definition) is 1. The van der Waals surface area contributed by atoms with Gasteiger partial charge in [0.2, 0.25) is 0 Å². The van der Waals surface area contributed by atoms with Gasteiger partial charge in [0.25, 0.3) is 0 Å². The summed E-state index contributed by atoms with van der Waals surface area (Å²) in [6.45, 7) is 16.5. The summed E-state index contributed by atoms with van der Waals surface area (Å²) in [5.41, 5.74) is 1.24. The van der Waals surface area contributed by atoms with Gasteiger partial charge in [0.05, 0.1) is 0 Å². The molecule has 3 aromatic carbocycles. The standard InChI is InChI=1S/C28H38NP2/c1-22(2)30(23(3)4)26-20-14-15-21-27(26)31(29-28(5,6)7,24-16-10-8-11-17-24)25-18-12-9-13-19-25/h8-23,29H,1-7H3/q+1. The van der Waals surface area contributed by atoms with Gasteiger partial charge in [-0.2, -0.15) is 5.09 Å². The molecular formula is C28H38NP2+. The Morgan fingerprint density at radius 1 is 0.645 bits per heavy atom. The molecule has 0 amide bonds. The van der Waals surface area contributed by atoms with Crippen molar-refractivity contribution in [1.29, 1.82) is 0 Å². The fraction of sp³-hybridized carbons (Fsp3) is 0.357. The molecule has 0 fully saturated rings. The molecule has 0 aliphatic carbocycles. The van der Waals surface area contributed by atoms with E-state index in [1.54, 1.807) is 5.30 Å². The molecule has 0 spiro atoms. The van der Waals surface area contributed by atoms with Crippen molar-refractivity contribution in [3.8, 4) is 0 Å². The van der Waals surface area contributed by atoms with Gasteiger partial charge in [-0.05, 0) is 62.4 Å². The molecule has 3 rings (SSSR count). The van der Waals surface area contributed by atoms with Gasteiger partial charge in [0, 0.05) is 10.8 Å². The summed E-state index contributed by atoms with van der Waals surface area (Å²) in [6.07, 6.45) is 0. The largest absolute Gasteiger partial charge is 0.179 e. The molecule has 1 N–H and O–H groups in total. The van der Waals surface area contributed by atoms with Gasteiger partial charge in [-0.25, -0.2) is 0 Å². The Morgan fingerprint density at radius 2 is 1.06 bits per heavy atom. The Morgan fingerprint density at radius 3 is 1.48 bits per heavy atom. The molecule has 0 aromatic heterocycles. The maximum absolute atomic E-state index is 4.21. The van der Waals surface area contributed by atoms with Gasteiger partial charge in [-0.3, -0.25) is 0 Å². The van der Waals surface area contributed by atoms with Crippen LogP contribution >= 0.6 is 15.3 Å². The summed E-state index contributed by atoms with van der Waals surface area (Å²) in [5, 5.41) is 10.1. The highest BCUT2D eigenvalue weighted by molar-refractivity contribution is 7.95. The van der Waals surface area contributed by atoms with E-state index in [1.165, 1.54) is 15.9 Å². The normalized spacial score (nSPS) is 12.7. The molecule has 0 atom stereocenters. The van der Waals surface area contributed by atoms with Crippen molar-refractivity contribution < 1.29 is 0 Å². The first-order chi connectivity index (χ1) is 14.7. The predicted octanol–water partition coefficient (Wildman–Crippen LogP) is 6.21. The average molecular weight is 451 g/mol. The van der Waals surface area contributed by atoms with Crippen molar-refractivity contribution in [2.45, 2.75) is 65.3 Å². The lowest BCUT2D eigenvalue weighted by atomic mass is 10.1. The Hall–Kier alpha value is -1.52. The molecule has 0 saturated carbocycles. The van der Waals surface area contributed by atoms with E-state index in [0.717, 1.165) is 0 Å². The van der Waals surface area contributed by atoms with Crippen LogP contribution in [0.1, 0.15) is 48.5 Å². The van der Waals surface area contributed by atoms with E-state index in [9.17, 15) is 0 Å². The molecule has 0 heterocycles. The molecule has 3 heteroatoms. The van der Waals surface area contributed by atoms with Crippen LogP contribution in [0.2, 0.25) is 0 Å². The Balaban J connectivity index is 2.43. The zero-order valence-electron chi connectivity index (χ0n) is 20.1. The van der Waals surface area contributed by atoms with Crippen molar-refractivity contribution in [3.63, 3.8) is 0 Å². The summed E-state index contributed by atoms with van der Waals surface area (Å²) >= 11 is 0. The van der Waals surface area contributed by atoms with E-state index in [1.807, 2.05) is 0 Å². The van der Waals surface area contributed by atoms with E-state index in [4.69, 9.17) is 0 Å². The Labute approximate surface area is 191 Å². The van der Waals surface area contributed by atoms with Gasteiger partial charge in [0.1, 0.15) is 15.9 Å². The van der Waals surface area contributed by atoms with Crippen LogP contribution in [0.5, 0.6) is 0 Å². The SMILES string of the molecule is CC(C)P(c1ccccc1[P+](NC(C)(C)C)(c1ccccc1)c1ccccc1)C(C)C. The minimum atomic E-state index is -2.08. The molecular weight excluding hydrogens is 412 g/mol. The molecule has 0 aliphatic heterocycles. The highest BCUT2D eigenvalue weighted by Gasteiger charge is 2.50. The van der Waals surface area contributed by atoms with Gasteiger partial charge in [-0.15, -0.1) is 0 Å². The van der Waals surface area contributed by atoms with Gasteiger partial charge in [-0.1, -0.05) is 90.2 Å². The summed E-state index contributed by atoms with van der Waals surface area (Å²) in [5.74, 6) is 0. The van der Waals surface area contributed by atoms with Crippen molar-refractivity contribution in [2.24, 2.45) is 0 Å². The van der Waals surface area contributed by atoms with E-state index < -0.39 is 7.41 Å². The zero-order chi connectivity index (χ0) is 22.6. The third kappa shape index (κ3) is 5.28. The lowest BCUT2D eigenvalue weighted by Crippen LogP contribution is -2.51. The monoisotopic (exact) mass is 450 g/mol. The van der Waals surface area contributed by atoms with E-state index in [0.29, 0.717) is 11.3 Å². The van der Waals surface area contributed by atoms with Crippen LogP contribution in [0, 0.1) is 0 Å². The first-order valence-corrected chi connectivity index (χ1v) is 14.6. The van der Waals surface area contributed by atoms with Crippen molar-refractivity contribution in [2.75, 3.05) is 0 Å². The smallest absolute Gasteiger partial charge is 0.173 e. The van der Waals surface area contributed by atoms with Gasteiger partial charge >= 0.3 is 0 Å². The molecule has 0 bridgehead atoms. The van der Waals surface area contributed by atoms with E-state index in [2.05, 4.69) is 138 Å². The fourth-order valence-corrected chi connectivity index (χ4v) is 12.4. The summed E-state index contributed by atoms with van der Waals surface area (Å²) in [6, 6.07) is 31.6. The maximum Gasteiger partial charge on any atom is 0.179 e. The Bertz CT molecular complexity index is 912. The summed E-state index contributed by atoms with van der Waals surface area (Å²) in [4.78, 5) is 0. The van der Waals surface area contributed by atoms with Crippen LogP contribution in [0.3, 0.4) is 0 Å². The second kappa shape index (κ2) is 9.95. The summed E-state index contributed by atoms with van der Waals surface area (Å²) < 4.78 is 0. The van der Waals surface area contributed by atoms with E-state index in [-0.39, 0.29) is 13.5 Å². The Kier molecular flexibility index (Phi) is 7.75. The predicted molar refractivity (Wildman–Crippen MR) is 145 cm³/mol. The second-order valence-corrected chi connectivity index (χ2v) is 16.2. The van der Waals surface area contributed by atoms with Crippen LogP contribution in [-0.2, 0) is 0 Å². The first kappa shape index (κ1) is 24.1. The fourth-order valence-electron chi connectivity index (χ4n) is 4.54. The lowest BCUT2D eigenvalue weighted by molar-refractivity contribution is 0.529. The molecule has 31 heavy (non-hydrogen) atoms. The molecule has 0 saturated heterocycles. The minimum absolute atomic E-state index is 0.0367. The zero-order valence-corrected chi connectivity index (χ0v) is 21.9. The van der Waals surface area contributed by atoms with Crippen LogP contribution in [0.4, 0.5) is 0 Å². The molecule has 0 unspecified atom stereocenters. The highest BCUT2D eigenvalue weighted by atomic mass is 31.2. The van der Waals surface area contributed by atoms with E-state index >= 15 is 0 Å². The van der Waals surface area contributed by atoms with Gasteiger partial charge in [0.15, 0.2) is 7.41 Å². The topological polar surface area (TPSA) is 12.0 Å². The number of benzene rings is 3. The average Bonchev–Trinajstić information content (AvgIpc) is 2.73. The van der Waals surface area contributed by atoms with Crippen molar-refractivity contribution in [3.05, 3.63) is 84.9 Å². The number of rotatable bonds is 7. The highest BCUT2D eigenvalue weighted by Crippen LogP contribution is 2.55. The minimum Gasteiger partial charge on any atom is -0.173 e. The molecule has 0 aliphatic rings. The van der Waals surface area contributed by atoms with Crippen molar-refractivity contribution in [1.82, 2.24) is 5.09 Å². The summed E-state index contributed by atoms with van der Waals surface area (Å²) in [7, 11) is -2.37. The molecule has 0 radical (unpaired) electrons. The quantitative estimate of drug-likeness (QED) is 0.422. The maximum atomic E-state index is 4.21. The van der Waals surface area contributed by atoms with Crippen LogP contribution in [0.25, 0.3) is 0 Å². The second-order valence-electron chi connectivity index (χ2n) is 9.79. The third-order valence-corrected chi connectivity index (χ3v) is 13.0. The number of nitrogens with one attached hydrogen (secondary N) is 1. The molecule has 3 aromatic rings. The molecule has 1 nitrogen and oxygen atoms in total. The van der Waals surface area contributed by atoms with Gasteiger partial charge < -0.3 is 0 Å². The first-order valence-electron chi connectivity index (χ1n) is 11.3. The third-order valence-electron chi connectivity index (χ3n) is 5.42.